The molecule has 0 radical (unpaired) electrons. The van der Waals surface area contributed by atoms with Gasteiger partial charge in [-0.25, -0.2) is 15.0 Å². The topological polar surface area (TPSA) is 123 Å². The number of aromatic nitrogens is 4. The number of hydrogen-bond acceptors (Lipinski definition) is 10. The van der Waals surface area contributed by atoms with E-state index in [-0.39, 0.29) is 24.0 Å². The number of alkyl halides is 3. The van der Waals surface area contributed by atoms with Crippen molar-refractivity contribution in [3.05, 3.63) is 58.1 Å². The zero-order valence-electron chi connectivity index (χ0n) is 17.5. The molecule has 0 saturated carbocycles. The van der Waals surface area contributed by atoms with Crippen LogP contribution in [0.2, 0.25) is 5.02 Å². The molecule has 0 spiro atoms. The number of amidine groups is 1. The Labute approximate surface area is 200 Å². The van der Waals surface area contributed by atoms with E-state index in [0.29, 0.717) is 15.7 Å². The molecule has 1 unspecified atom stereocenters. The summed E-state index contributed by atoms with van der Waals surface area (Å²) in [5, 5.41) is 42.7. The molecule has 0 bridgehead atoms. The first kappa shape index (κ1) is 24.3. The summed E-state index contributed by atoms with van der Waals surface area (Å²) in [6, 6.07) is 6.12. The minimum absolute atomic E-state index is 0.00238. The highest BCUT2D eigenvalue weighted by Gasteiger charge is 2.43. The van der Waals surface area contributed by atoms with Gasteiger partial charge in [0.1, 0.15) is 12.6 Å². The van der Waals surface area contributed by atoms with Crippen LogP contribution < -0.4 is 0 Å². The second-order valence-electron chi connectivity index (χ2n) is 7.37. The van der Waals surface area contributed by atoms with E-state index < -0.39 is 31.3 Å². The molecule has 3 atom stereocenters. The summed E-state index contributed by atoms with van der Waals surface area (Å²) in [7, 11) is 0. The van der Waals surface area contributed by atoms with Gasteiger partial charge in [-0.15, -0.1) is 16.4 Å². The molecule has 4 rings (SSSR count). The first-order valence-corrected chi connectivity index (χ1v) is 11.1. The molecule has 3 N–H and O–H groups in total. The van der Waals surface area contributed by atoms with Crippen LogP contribution in [0.25, 0.3) is 5.13 Å². The summed E-state index contributed by atoms with van der Waals surface area (Å²) in [5.74, 6) is 0.343. The van der Waals surface area contributed by atoms with E-state index in [4.69, 9.17) is 11.6 Å². The van der Waals surface area contributed by atoms with Gasteiger partial charge in [0.15, 0.2) is 23.6 Å². The monoisotopic (exact) mass is 517 g/mol. The lowest BCUT2D eigenvalue weighted by molar-refractivity contribution is -0.212. The molecule has 34 heavy (non-hydrogen) atoms. The van der Waals surface area contributed by atoms with Crippen molar-refractivity contribution >= 4 is 28.8 Å². The molecule has 3 heterocycles. The Morgan fingerprint density at radius 1 is 1.21 bits per heavy atom. The summed E-state index contributed by atoms with van der Waals surface area (Å²) < 4.78 is 40.4. The quantitative estimate of drug-likeness (QED) is 0.435. The summed E-state index contributed by atoms with van der Waals surface area (Å²) >= 11 is 7.17. The molecule has 0 saturated heterocycles. The smallest absolute Gasteiger partial charge is 0.385 e. The lowest BCUT2D eigenvalue weighted by Crippen LogP contribution is -2.49. The number of β-amino-alcohol motifs (C(OH)–C–C–N with tert-alkyl or cyclic N) is 1. The van der Waals surface area contributed by atoms with Gasteiger partial charge < -0.3 is 20.2 Å². The van der Waals surface area contributed by atoms with Gasteiger partial charge in [-0.3, -0.25) is 0 Å². The van der Waals surface area contributed by atoms with Crippen LogP contribution in [0.15, 0.2) is 40.9 Å². The number of aliphatic hydroxyl groups excluding tert-OH is 3. The fourth-order valence-electron chi connectivity index (χ4n) is 3.22. The van der Waals surface area contributed by atoms with Gasteiger partial charge in [0.05, 0.1) is 6.54 Å². The van der Waals surface area contributed by atoms with E-state index in [0.717, 1.165) is 9.91 Å². The fourth-order valence-corrected chi connectivity index (χ4v) is 3.95. The highest BCUT2D eigenvalue weighted by atomic mass is 35.5. The molecule has 10 nitrogen and oxygen atoms in total. The largest absolute Gasteiger partial charge is 0.416 e. The summed E-state index contributed by atoms with van der Waals surface area (Å²) in [6.07, 6.45) is -8.68. The number of benzene rings is 1. The minimum atomic E-state index is -4.89. The van der Waals surface area contributed by atoms with Gasteiger partial charge in [-0.05, 0) is 31.2 Å². The molecule has 3 aromatic rings. The Kier molecular flexibility index (Phi) is 6.78. The van der Waals surface area contributed by atoms with Crippen LogP contribution in [0.1, 0.15) is 30.2 Å². The van der Waals surface area contributed by atoms with Crippen LogP contribution in [0.5, 0.6) is 0 Å². The average molecular weight is 518 g/mol. The number of hydrogen-bond donors (Lipinski definition) is 3. The van der Waals surface area contributed by atoms with Crippen molar-refractivity contribution in [3.8, 4) is 5.13 Å². The van der Waals surface area contributed by atoms with Gasteiger partial charge in [0, 0.05) is 22.2 Å². The molecule has 2 aromatic heterocycles. The third-order valence-electron chi connectivity index (χ3n) is 4.84. The third kappa shape index (κ3) is 5.00. The normalized spacial score (nSPS) is 18.4. The molecule has 0 aliphatic carbocycles. The van der Waals surface area contributed by atoms with Crippen LogP contribution in [0.4, 0.5) is 13.2 Å². The maximum absolute atomic E-state index is 13.0. The Morgan fingerprint density at radius 3 is 2.50 bits per heavy atom. The highest BCUT2D eigenvalue weighted by molar-refractivity contribution is 7.12. The van der Waals surface area contributed by atoms with Crippen LogP contribution >= 0.6 is 22.9 Å². The Hall–Kier alpha value is -2.78. The molecule has 1 aromatic carbocycles. The first-order valence-electron chi connectivity index (χ1n) is 9.89. The fraction of sp³-hybridized carbons (Fsp3) is 0.368. The van der Waals surface area contributed by atoms with Crippen LogP contribution in [-0.4, -0.2) is 76.0 Å². The SMILES string of the molecule is C[C@H](O)c1nc(CN2N=C(c3ccc(Cl)cc3)N(C[C@H](O)C(F)(F)F)C2O)nn1-c1nccs1. The first-order chi connectivity index (χ1) is 16.0. The molecule has 0 fully saturated rings. The number of rotatable bonds is 7. The second kappa shape index (κ2) is 9.46. The Bertz CT molecular complexity index is 1160. The van der Waals surface area contributed by atoms with Crippen molar-refractivity contribution < 1.29 is 28.5 Å². The van der Waals surface area contributed by atoms with Crippen molar-refractivity contribution in [2.45, 2.75) is 38.2 Å². The summed E-state index contributed by atoms with van der Waals surface area (Å²) in [4.78, 5) is 9.34. The van der Waals surface area contributed by atoms with E-state index in [1.807, 2.05) is 0 Å². The predicted octanol–water partition coefficient (Wildman–Crippen LogP) is 2.11. The maximum atomic E-state index is 13.0. The Balaban J connectivity index is 1.65. The van der Waals surface area contributed by atoms with Gasteiger partial charge in [0.25, 0.3) is 0 Å². The van der Waals surface area contributed by atoms with Crippen LogP contribution in [0, 0.1) is 0 Å². The van der Waals surface area contributed by atoms with Gasteiger partial charge in [-0.2, -0.15) is 23.0 Å². The van der Waals surface area contributed by atoms with E-state index in [9.17, 15) is 28.5 Å². The number of halogens is 4. The lowest BCUT2D eigenvalue weighted by atomic mass is 10.2. The van der Waals surface area contributed by atoms with E-state index in [1.54, 1.807) is 11.6 Å². The van der Waals surface area contributed by atoms with Gasteiger partial charge in [-0.1, -0.05) is 11.6 Å². The summed E-state index contributed by atoms with van der Waals surface area (Å²) in [6.45, 7) is 0.344. The molecule has 182 valence electrons. The molecular weight excluding hydrogens is 499 g/mol. The second-order valence-corrected chi connectivity index (χ2v) is 8.68. The van der Waals surface area contributed by atoms with Gasteiger partial charge >= 0.3 is 6.18 Å². The van der Waals surface area contributed by atoms with E-state index >= 15 is 0 Å². The van der Waals surface area contributed by atoms with E-state index in [2.05, 4.69) is 20.2 Å². The van der Waals surface area contributed by atoms with Crippen LogP contribution in [0.3, 0.4) is 0 Å². The molecule has 1 aliphatic heterocycles. The van der Waals surface area contributed by atoms with Crippen molar-refractivity contribution in [1.82, 2.24) is 29.7 Å². The summed E-state index contributed by atoms with van der Waals surface area (Å²) in [5.41, 5.74) is 0.381. The van der Waals surface area contributed by atoms with E-state index in [1.165, 1.54) is 47.2 Å². The van der Waals surface area contributed by atoms with Crippen molar-refractivity contribution in [2.24, 2.45) is 5.10 Å². The van der Waals surface area contributed by atoms with Crippen molar-refractivity contribution in [3.63, 3.8) is 0 Å². The van der Waals surface area contributed by atoms with Crippen LogP contribution in [-0.2, 0) is 6.54 Å². The number of thiazole rings is 1. The zero-order chi connectivity index (χ0) is 24.6. The van der Waals surface area contributed by atoms with Gasteiger partial charge in [0.2, 0.25) is 11.5 Å². The number of nitrogens with zero attached hydrogens (tertiary/aromatic N) is 7. The molecule has 15 heteroatoms. The standard InChI is InChI=1S/C19H19ClF3N7O3S/c1-10(31)15-25-14(26-30(15)17-24-6-7-34-17)9-29-18(33)28(8-13(32)19(21,22)23)16(27-29)11-2-4-12(20)5-3-11/h2-7,10,13,18,31-33H,8-9H2,1H3/t10-,13-,18?/m0/s1. The molecular formula is C19H19ClF3N7O3S. The minimum Gasteiger partial charge on any atom is -0.385 e. The third-order valence-corrected chi connectivity index (χ3v) is 5.84. The molecule has 0 amide bonds. The average Bonchev–Trinajstić information content (AvgIpc) is 3.49. The number of aliphatic hydroxyl groups is 3. The predicted molar refractivity (Wildman–Crippen MR) is 116 cm³/mol. The maximum Gasteiger partial charge on any atom is 0.416 e. The Morgan fingerprint density at radius 2 is 1.91 bits per heavy atom. The van der Waals surface area contributed by atoms with Crippen molar-refractivity contribution in [1.29, 1.82) is 0 Å². The van der Waals surface area contributed by atoms with Crippen molar-refractivity contribution in [2.75, 3.05) is 6.54 Å². The number of hydrazone groups is 1. The highest BCUT2D eigenvalue weighted by Crippen LogP contribution is 2.27. The lowest BCUT2D eigenvalue weighted by Gasteiger charge is -2.29. The molecule has 1 aliphatic rings. The zero-order valence-corrected chi connectivity index (χ0v) is 19.1.